The summed E-state index contributed by atoms with van der Waals surface area (Å²) in [6.45, 7) is 0.0510. The molecule has 0 aromatic heterocycles. The third-order valence-electron chi connectivity index (χ3n) is 2.08. The minimum atomic E-state index is 0. The number of unbranched alkanes of at least 4 members (excludes halogenated alkanes) is 6. The van der Waals surface area contributed by atoms with Crippen LogP contribution in [0.4, 0.5) is 0 Å². The van der Waals surface area contributed by atoms with Crippen LogP contribution in [0.3, 0.4) is 0 Å². The predicted octanol–water partition coefficient (Wildman–Crippen LogP) is -1.47. The van der Waals surface area contributed by atoms with Crippen molar-refractivity contribution in [2.45, 2.75) is 51.4 Å². The quantitative estimate of drug-likeness (QED) is 0.361. The Bertz CT molecular complexity index is 80.5. The molecule has 0 bridgehead atoms. The molecule has 0 amide bonds. The third kappa shape index (κ3) is 31.5. The zero-order valence-electron chi connectivity index (χ0n) is 10.6. The van der Waals surface area contributed by atoms with Crippen LogP contribution in [0.2, 0.25) is 0 Å². The minimum absolute atomic E-state index is 0. The van der Waals surface area contributed by atoms with Crippen molar-refractivity contribution in [2.24, 2.45) is 0 Å². The van der Waals surface area contributed by atoms with E-state index in [-0.39, 0.29) is 48.1 Å². The summed E-state index contributed by atoms with van der Waals surface area (Å²) in [6, 6.07) is 0. The van der Waals surface area contributed by atoms with Gasteiger partial charge in [0.05, 0.1) is 0 Å². The van der Waals surface area contributed by atoms with Crippen molar-refractivity contribution in [3.63, 3.8) is 0 Å². The Morgan fingerprint density at radius 1 is 0.353 bits per heavy atom. The average Bonchev–Trinajstić information content (AvgIpc) is 2.31. The van der Waals surface area contributed by atoms with Crippen LogP contribution in [-0.2, 0) is 21.7 Å². The number of hydrogen-bond donors (Lipinski definition) is 0. The second kappa shape index (κ2) is 25.4. The Labute approximate surface area is 120 Å². The van der Waals surface area contributed by atoms with Crippen molar-refractivity contribution < 1.29 is 42.1 Å². The molecule has 0 rings (SSSR count). The molecule has 0 aromatic rings. The molecule has 0 saturated heterocycles. The summed E-state index contributed by atoms with van der Waals surface area (Å²) in [4.78, 5) is 0. The molecule has 4 nitrogen and oxygen atoms in total. The molecule has 0 saturated carbocycles. The van der Waals surface area contributed by atoms with Gasteiger partial charge in [0.2, 0.25) is 0 Å². The van der Waals surface area contributed by atoms with Gasteiger partial charge >= 0.3 is 21.7 Å². The van der Waals surface area contributed by atoms with Gasteiger partial charge < -0.3 is 20.4 Å². The van der Waals surface area contributed by atoms with Crippen LogP contribution in [0.15, 0.2) is 0 Å². The second-order valence-electron chi connectivity index (χ2n) is 3.64. The van der Waals surface area contributed by atoms with Gasteiger partial charge in [-0.25, -0.2) is 0 Å². The van der Waals surface area contributed by atoms with Gasteiger partial charge in [0.1, 0.15) is 0 Å². The van der Waals surface area contributed by atoms with Gasteiger partial charge in [-0.1, -0.05) is 51.4 Å². The van der Waals surface area contributed by atoms with Crippen molar-refractivity contribution >= 4 is 0 Å². The van der Waals surface area contributed by atoms with Gasteiger partial charge in [0, 0.05) is 0 Å². The van der Waals surface area contributed by atoms with Crippen LogP contribution in [-0.4, -0.2) is 26.4 Å². The fourth-order valence-corrected chi connectivity index (χ4v) is 1.12. The Morgan fingerprint density at radius 3 is 0.647 bits per heavy atom. The fraction of sp³-hybridized carbons (Fsp3) is 1.00. The van der Waals surface area contributed by atoms with Crippen molar-refractivity contribution in [3.05, 3.63) is 0 Å². The van der Waals surface area contributed by atoms with Gasteiger partial charge in [-0.2, -0.15) is 0 Å². The molecule has 0 heterocycles. The maximum absolute atomic E-state index is 9.81. The third-order valence-corrected chi connectivity index (χ3v) is 2.08. The standard InChI is InChI=1S/2C6H12O2.Ti/c2*7-5-3-1-2-4-6-8;/h2*1-6H2;/q2*-2;+4. The maximum atomic E-state index is 9.81. The van der Waals surface area contributed by atoms with E-state index < -0.39 is 0 Å². The Balaban J connectivity index is -0.000000218. The van der Waals surface area contributed by atoms with E-state index in [1.165, 1.54) is 0 Å². The summed E-state index contributed by atoms with van der Waals surface area (Å²) in [5.74, 6) is 0. The molecule has 0 aliphatic carbocycles. The molecule has 0 aliphatic heterocycles. The van der Waals surface area contributed by atoms with Crippen molar-refractivity contribution in [1.82, 2.24) is 0 Å². The molecule has 0 aliphatic rings. The molecule has 0 N–H and O–H groups in total. The monoisotopic (exact) mass is 280 g/mol. The van der Waals surface area contributed by atoms with Gasteiger partial charge in [-0.3, -0.25) is 0 Å². The molecular weight excluding hydrogens is 256 g/mol. The summed E-state index contributed by atoms with van der Waals surface area (Å²) >= 11 is 0. The maximum Gasteiger partial charge on any atom is 4.00 e. The summed E-state index contributed by atoms with van der Waals surface area (Å²) in [7, 11) is 0. The number of rotatable bonds is 10. The first-order chi connectivity index (χ1) is 7.83. The van der Waals surface area contributed by atoms with Crippen LogP contribution in [0.5, 0.6) is 0 Å². The van der Waals surface area contributed by atoms with Crippen molar-refractivity contribution in [1.29, 1.82) is 0 Å². The largest absolute Gasteiger partial charge is 4.00 e. The Kier molecular flexibility index (Phi) is 33.9. The van der Waals surface area contributed by atoms with Gasteiger partial charge in [-0.05, 0) is 0 Å². The molecule has 100 valence electrons. The number of hydrogen-bond acceptors (Lipinski definition) is 4. The average molecular weight is 280 g/mol. The molecule has 0 atom stereocenters. The topological polar surface area (TPSA) is 92.2 Å². The molecule has 5 heteroatoms. The Morgan fingerprint density at radius 2 is 0.529 bits per heavy atom. The van der Waals surface area contributed by atoms with Crippen LogP contribution in [0.1, 0.15) is 51.4 Å². The molecule has 0 spiro atoms. The molecule has 0 unspecified atom stereocenters. The van der Waals surface area contributed by atoms with E-state index in [1.807, 2.05) is 0 Å². The summed E-state index contributed by atoms with van der Waals surface area (Å²) in [5, 5.41) is 39.3. The van der Waals surface area contributed by atoms with Gasteiger partial charge in [0.25, 0.3) is 0 Å². The predicted molar refractivity (Wildman–Crippen MR) is 56.4 cm³/mol. The summed E-state index contributed by atoms with van der Waals surface area (Å²) < 4.78 is 0. The van der Waals surface area contributed by atoms with E-state index >= 15 is 0 Å². The summed E-state index contributed by atoms with van der Waals surface area (Å²) in [6.07, 6.45) is 6.69. The molecule has 0 radical (unpaired) electrons. The zero-order chi connectivity index (χ0) is 12.5. The molecule has 17 heavy (non-hydrogen) atoms. The zero-order valence-corrected chi connectivity index (χ0v) is 12.2. The van der Waals surface area contributed by atoms with E-state index in [4.69, 9.17) is 0 Å². The fourth-order valence-electron chi connectivity index (χ4n) is 1.12. The van der Waals surface area contributed by atoms with Crippen LogP contribution in [0.25, 0.3) is 0 Å². The molecule has 0 fully saturated rings. The smallest absolute Gasteiger partial charge is 0.854 e. The van der Waals surface area contributed by atoms with E-state index in [0.29, 0.717) is 0 Å². The normalized spacial score (nSPS) is 9.18. The van der Waals surface area contributed by atoms with E-state index in [2.05, 4.69) is 0 Å². The van der Waals surface area contributed by atoms with Gasteiger partial charge in [0.15, 0.2) is 0 Å². The summed E-state index contributed by atoms with van der Waals surface area (Å²) in [5.41, 5.74) is 0. The van der Waals surface area contributed by atoms with Crippen LogP contribution >= 0.6 is 0 Å². The minimum Gasteiger partial charge on any atom is -0.854 e. The van der Waals surface area contributed by atoms with Crippen molar-refractivity contribution in [2.75, 3.05) is 26.4 Å². The van der Waals surface area contributed by atoms with Crippen LogP contribution in [0, 0.1) is 0 Å². The van der Waals surface area contributed by atoms with Crippen molar-refractivity contribution in [3.8, 4) is 0 Å². The first-order valence-electron chi connectivity index (χ1n) is 6.15. The molecular formula is C12H24O4Ti. The first kappa shape index (κ1) is 22.7. The van der Waals surface area contributed by atoms with Crippen LogP contribution < -0.4 is 20.4 Å². The van der Waals surface area contributed by atoms with E-state index in [0.717, 1.165) is 51.4 Å². The second-order valence-corrected chi connectivity index (χ2v) is 3.64. The molecule has 0 aromatic carbocycles. The first-order valence-corrected chi connectivity index (χ1v) is 6.15. The van der Waals surface area contributed by atoms with E-state index in [1.54, 1.807) is 0 Å². The Hall–Kier alpha value is 0.554. The van der Waals surface area contributed by atoms with E-state index in [9.17, 15) is 20.4 Å². The SMILES string of the molecule is [O-]CCCCCC[O-].[O-]CCCCCC[O-].[Ti+4]. The van der Waals surface area contributed by atoms with Gasteiger partial charge in [-0.15, -0.1) is 26.4 Å².